The second-order valence-electron chi connectivity index (χ2n) is 8.37. The first-order valence-corrected chi connectivity index (χ1v) is 12.8. The van der Waals surface area contributed by atoms with Crippen LogP contribution in [0.1, 0.15) is 42.6 Å². The fourth-order valence-electron chi connectivity index (χ4n) is 4.01. The van der Waals surface area contributed by atoms with Crippen LogP contribution in [0.15, 0.2) is 60.6 Å². The Bertz CT molecular complexity index is 1280. The van der Waals surface area contributed by atoms with Crippen LogP contribution < -0.4 is 4.74 Å². The number of aromatic nitrogens is 2. The third kappa shape index (κ3) is 7.35. The first kappa shape index (κ1) is 27.3. The van der Waals surface area contributed by atoms with Crippen molar-refractivity contribution in [2.75, 3.05) is 13.7 Å². The lowest BCUT2D eigenvalue weighted by Gasteiger charge is -2.34. The maximum atomic E-state index is 13.3. The predicted octanol–water partition coefficient (Wildman–Crippen LogP) is 4.17. The molecule has 2 heterocycles. The van der Waals surface area contributed by atoms with Crippen molar-refractivity contribution >= 4 is 19.8 Å². The normalized spacial score (nSPS) is 15.9. The first-order valence-electron chi connectivity index (χ1n) is 11.2. The molecule has 0 spiro atoms. The third-order valence-corrected chi connectivity index (χ3v) is 5.74. The molecule has 1 aliphatic heterocycles. The van der Waals surface area contributed by atoms with Crippen molar-refractivity contribution in [2.45, 2.75) is 32.7 Å². The standard InChI is InChI=1S/C25H26FN3O2.H3O4P/c1-17-15-28(16-27-17)23-11-6-19(14-24(23)31-3)13-21-5-4-12-29(25(21)30)18(2)20-7-9-22(26)10-8-20;1-5(2,3)4/h6-11,13-16,18H,4-5,12H2,1-3H3;(H3,1,2,3,4)/t18-;/m0./s1. The number of phosphoric acid groups is 1. The summed E-state index contributed by atoms with van der Waals surface area (Å²) in [4.78, 5) is 40.9. The van der Waals surface area contributed by atoms with Gasteiger partial charge in [0.05, 0.1) is 30.9 Å². The lowest BCUT2D eigenvalue weighted by molar-refractivity contribution is -0.130. The quantitative estimate of drug-likeness (QED) is 0.343. The van der Waals surface area contributed by atoms with E-state index in [4.69, 9.17) is 24.0 Å². The number of methoxy groups -OCH3 is 1. The number of benzene rings is 2. The SMILES string of the molecule is COc1cc(C=C2CCCN([C@@H](C)c3ccc(F)cc3)C2=O)ccc1-n1cnc(C)c1.O=P(O)(O)O. The van der Waals surface area contributed by atoms with Gasteiger partial charge in [0.2, 0.25) is 5.91 Å². The predicted molar refractivity (Wildman–Crippen MR) is 133 cm³/mol. The summed E-state index contributed by atoms with van der Waals surface area (Å²) in [5.41, 5.74) is 4.44. The van der Waals surface area contributed by atoms with Crippen molar-refractivity contribution in [1.29, 1.82) is 0 Å². The van der Waals surface area contributed by atoms with E-state index in [0.29, 0.717) is 12.3 Å². The monoisotopic (exact) mass is 517 g/mol. The number of imidazole rings is 1. The van der Waals surface area contributed by atoms with E-state index in [1.807, 2.05) is 53.8 Å². The van der Waals surface area contributed by atoms with Crippen LogP contribution in [0.2, 0.25) is 0 Å². The zero-order valence-electron chi connectivity index (χ0n) is 20.2. The highest BCUT2D eigenvalue weighted by Crippen LogP contribution is 2.30. The van der Waals surface area contributed by atoms with E-state index in [0.717, 1.165) is 40.9 Å². The van der Waals surface area contributed by atoms with E-state index in [1.165, 1.54) is 12.1 Å². The molecule has 3 N–H and O–H groups in total. The number of ether oxygens (including phenoxy) is 1. The summed E-state index contributed by atoms with van der Waals surface area (Å²) < 4.78 is 29.7. The number of carbonyl (C=O) groups excluding carboxylic acids is 1. The van der Waals surface area contributed by atoms with Crippen LogP contribution in [0.3, 0.4) is 0 Å². The van der Waals surface area contributed by atoms with Crippen LogP contribution >= 0.6 is 7.82 Å². The van der Waals surface area contributed by atoms with Gasteiger partial charge >= 0.3 is 7.82 Å². The lowest BCUT2D eigenvalue weighted by Crippen LogP contribution is -2.38. The molecule has 3 aromatic rings. The summed E-state index contributed by atoms with van der Waals surface area (Å²) in [6.07, 6.45) is 7.26. The van der Waals surface area contributed by atoms with E-state index >= 15 is 0 Å². The summed E-state index contributed by atoms with van der Waals surface area (Å²) in [5.74, 6) is 0.465. The Labute approximate surface area is 208 Å². The average Bonchev–Trinajstić information content (AvgIpc) is 3.25. The highest BCUT2D eigenvalue weighted by atomic mass is 31.2. The number of halogens is 1. The largest absolute Gasteiger partial charge is 0.495 e. The van der Waals surface area contributed by atoms with Crippen molar-refractivity contribution in [1.82, 2.24) is 14.5 Å². The molecule has 2 aromatic carbocycles. The van der Waals surface area contributed by atoms with Gasteiger partial charge in [-0.1, -0.05) is 18.2 Å². The van der Waals surface area contributed by atoms with Gasteiger partial charge in [-0.15, -0.1) is 0 Å². The Hall–Kier alpha value is -3.30. The van der Waals surface area contributed by atoms with Crippen molar-refractivity contribution in [3.8, 4) is 11.4 Å². The van der Waals surface area contributed by atoms with Gasteiger partial charge in [0.25, 0.3) is 0 Å². The van der Waals surface area contributed by atoms with Gasteiger partial charge in [0.1, 0.15) is 11.6 Å². The van der Waals surface area contributed by atoms with Gasteiger partial charge in [-0.2, -0.15) is 0 Å². The zero-order valence-corrected chi connectivity index (χ0v) is 21.1. The average molecular weight is 517 g/mol. The molecule has 0 radical (unpaired) electrons. The smallest absolute Gasteiger partial charge is 0.466 e. The summed E-state index contributed by atoms with van der Waals surface area (Å²) in [6.45, 7) is 4.62. The molecule has 1 aromatic heterocycles. The molecule has 0 aliphatic carbocycles. The van der Waals surface area contributed by atoms with Crippen LogP contribution in [-0.4, -0.2) is 48.7 Å². The van der Waals surface area contributed by atoms with E-state index in [-0.39, 0.29) is 17.8 Å². The fourth-order valence-corrected chi connectivity index (χ4v) is 4.01. The van der Waals surface area contributed by atoms with Crippen LogP contribution in [0.4, 0.5) is 4.39 Å². The maximum absolute atomic E-state index is 13.3. The van der Waals surface area contributed by atoms with Gasteiger partial charge < -0.3 is 28.9 Å². The molecule has 1 atom stereocenters. The number of rotatable bonds is 5. The van der Waals surface area contributed by atoms with E-state index in [9.17, 15) is 9.18 Å². The van der Waals surface area contributed by atoms with Gasteiger partial charge in [0.15, 0.2) is 0 Å². The van der Waals surface area contributed by atoms with E-state index in [2.05, 4.69) is 4.98 Å². The van der Waals surface area contributed by atoms with Crippen molar-refractivity contribution in [3.63, 3.8) is 0 Å². The van der Waals surface area contributed by atoms with Gasteiger partial charge in [-0.05, 0) is 68.2 Å². The van der Waals surface area contributed by atoms with E-state index in [1.54, 1.807) is 25.6 Å². The molecule has 36 heavy (non-hydrogen) atoms. The van der Waals surface area contributed by atoms with Crippen molar-refractivity contribution in [3.05, 3.63) is 83.2 Å². The molecule has 1 amide bonds. The molecular weight excluding hydrogens is 488 g/mol. The fraction of sp³-hybridized carbons (Fsp3) is 0.280. The second-order valence-corrected chi connectivity index (χ2v) is 9.39. The molecule has 192 valence electrons. The molecule has 4 rings (SSSR count). The molecule has 11 heteroatoms. The number of hydrogen-bond donors (Lipinski definition) is 3. The third-order valence-electron chi connectivity index (χ3n) is 5.74. The Morgan fingerprint density at radius 3 is 2.42 bits per heavy atom. The Balaban J connectivity index is 0.000000658. The lowest BCUT2D eigenvalue weighted by atomic mass is 9.97. The number of aryl methyl sites for hydroxylation is 1. The van der Waals surface area contributed by atoms with Gasteiger partial charge in [0, 0.05) is 18.3 Å². The Morgan fingerprint density at radius 2 is 1.83 bits per heavy atom. The summed E-state index contributed by atoms with van der Waals surface area (Å²) in [7, 11) is -3.00. The molecule has 9 nitrogen and oxygen atoms in total. The highest BCUT2D eigenvalue weighted by molar-refractivity contribution is 7.45. The molecule has 1 saturated heterocycles. The Morgan fingerprint density at radius 1 is 1.17 bits per heavy atom. The molecule has 0 saturated carbocycles. The van der Waals surface area contributed by atoms with Gasteiger partial charge in [-0.25, -0.2) is 13.9 Å². The number of likely N-dealkylation sites (tertiary alicyclic amines) is 1. The van der Waals surface area contributed by atoms with Crippen LogP contribution in [-0.2, 0) is 9.36 Å². The van der Waals surface area contributed by atoms with Crippen LogP contribution in [0.25, 0.3) is 11.8 Å². The second kappa shape index (κ2) is 11.6. The van der Waals surface area contributed by atoms with Crippen molar-refractivity contribution in [2.24, 2.45) is 0 Å². The first-order chi connectivity index (χ1) is 17.0. The molecule has 1 fully saturated rings. The minimum atomic E-state index is -4.64. The number of hydrogen-bond acceptors (Lipinski definition) is 4. The summed E-state index contributed by atoms with van der Waals surface area (Å²) >= 11 is 0. The number of amides is 1. The van der Waals surface area contributed by atoms with Crippen LogP contribution in [0.5, 0.6) is 5.75 Å². The molecule has 0 unspecified atom stereocenters. The Kier molecular flexibility index (Phi) is 8.81. The minimum absolute atomic E-state index is 0.0244. The molecular formula is C25H29FN3O6P. The number of nitrogens with zero attached hydrogens (tertiary/aromatic N) is 3. The summed E-state index contributed by atoms with van der Waals surface area (Å²) in [5, 5.41) is 0. The number of piperidine rings is 1. The minimum Gasteiger partial charge on any atom is -0.495 e. The number of carbonyl (C=O) groups is 1. The van der Waals surface area contributed by atoms with Crippen molar-refractivity contribution < 1.29 is 33.2 Å². The molecule has 1 aliphatic rings. The van der Waals surface area contributed by atoms with Crippen LogP contribution in [0, 0.1) is 12.7 Å². The van der Waals surface area contributed by atoms with Gasteiger partial charge in [-0.3, -0.25) is 4.79 Å². The topological polar surface area (TPSA) is 125 Å². The maximum Gasteiger partial charge on any atom is 0.466 e. The molecule has 0 bridgehead atoms. The highest BCUT2D eigenvalue weighted by Gasteiger charge is 2.28. The zero-order chi connectivity index (χ0) is 26.5. The van der Waals surface area contributed by atoms with E-state index < -0.39 is 7.82 Å². The summed E-state index contributed by atoms with van der Waals surface area (Å²) in [6, 6.07) is 12.1.